The first-order chi connectivity index (χ1) is 11.6. The number of amides is 1. The molecule has 2 aliphatic rings. The van der Waals surface area contributed by atoms with Crippen LogP contribution in [0.25, 0.3) is 0 Å². The summed E-state index contributed by atoms with van der Waals surface area (Å²) in [7, 11) is 0. The van der Waals surface area contributed by atoms with Crippen LogP contribution in [0.3, 0.4) is 0 Å². The largest absolute Gasteiger partial charge is 0.481 e. The topological polar surface area (TPSA) is 66.8 Å². The van der Waals surface area contributed by atoms with E-state index < -0.39 is 5.97 Å². The van der Waals surface area contributed by atoms with Crippen LogP contribution in [-0.4, -0.2) is 47.7 Å². The molecule has 5 heteroatoms. The summed E-state index contributed by atoms with van der Waals surface area (Å²) >= 11 is 0. The van der Waals surface area contributed by atoms with Crippen LogP contribution in [0.2, 0.25) is 0 Å². The zero-order chi connectivity index (χ0) is 17.1. The number of rotatable bonds is 6. The average molecular weight is 331 g/mol. The van der Waals surface area contributed by atoms with Crippen LogP contribution in [0.15, 0.2) is 24.3 Å². The molecule has 0 radical (unpaired) electrons. The fourth-order valence-corrected chi connectivity index (χ4v) is 3.71. The van der Waals surface area contributed by atoms with Gasteiger partial charge >= 0.3 is 5.97 Å². The van der Waals surface area contributed by atoms with Crippen LogP contribution in [0.1, 0.15) is 42.7 Å². The molecule has 0 unspecified atom stereocenters. The number of ether oxygens (including phenoxy) is 1. The molecule has 2 fully saturated rings. The third-order valence-corrected chi connectivity index (χ3v) is 5.18. The van der Waals surface area contributed by atoms with Gasteiger partial charge in [0.15, 0.2) is 0 Å². The summed E-state index contributed by atoms with van der Waals surface area (Å²) < 4.78 is 5.38. The first-order valence-corrected chi connectivity index (χ1v) is 8.73. The summed E-state index contributed by atoms with van der Waals surface area (Å²) in [5.41, 5.74) is 2.47. The van der Waals surface area contributed by atoms with Crippen LogP contribution < -0.4 is 0 Å². The third kappa shape index (κ3) is 3.78. The first-order valence-electron chi connectivity index (χ1n) is 8.73. The van der Waals surface area contributed by atoms with Gasteiger partial charge in [-0.3, -0.25) is 9.59 Å². The molecule has 1 aromatic carbocycles. The highest BCUT2D eigenvalue weighted by Gasteiger charge is 2.47. The quantitative estimate of drug-likeness (QED) is 0.870. The van der Waals surface area contributed by atoms with Gasteiger partial charge in [0.2, 0.25) is 5.91 Å². The molecule has 1 saturated carbocycles. The van der Waals surface area contributed by atoms with E-state index in [2.05, 4.69) is 19.1 Å². The van der Waals surface area contributed by atoms with Crippen molar-refractivity contribution in [3.8, 4) is 0 Å². The Kier molecular flexibility index (Phi) is 5.19. The van der Waals surface area contributed by atoms with Gasteiger partial charge in [0, 0.05) is 31.7 Å². The number of aryl methyl sites for hydroxylation is 1. The number of carboxylic acid groups (broad SMARTS) is 1. The van der Waals surface area contributed by atoms with E-state index in [9.17, 15) is 9.59 Å². The van der Waals surface area contributed by atoms with Gasteiger partial charge in [-0.2, -0.15) is 0 Å². The molecule has 1 aliphatic carbocycles. The van der Waals surface area contributed by atoms with Crippen molar-refractivity contribution in [3.05, 3.63) is 35.4 Å². The van der Waals surface area contributed by atoms with Gasteiger partial charge in [-0.25, -0.2) is 0 Å². The molecule has 130 valence electrons. The lowest BCUT2D eigenvalue weighted by atomic mass is 10.0. The second-order valence-electron chi connectivity index (χ2n) is 6.82. The number of benzene rings is 1. The van der Waals surface area contributed by atoms with E-state index in [4.69, 9.17) is 9.84 Å². The summed E-state index contributed by atoms with van der Waals surface area (Å²) in [6.07, 6.45) is 2.47. The molecule has 24 heavy (non-hydrogen) atoms. The normalized spacial score (nSPS) is 23.7. The standard InChI is InChI=1S/C19H25NO4/c1-13-4-2-3-5-15(13)16-12-17(16)19(23)20(9-6-18(21)22)14-7-10-24-11-8-14/h2-5,14,16-17H,6-12H2,1H3,(H,21,22)/t16-,17+/m1/s1. The molecule has 3 rings (SSSR count). The minimum atomic E-state index is -0.855. The van der Waals surface area contributed by atoms with Crippen LogP contribution in [0.5, 0.6) is 0 Å². The van der Waals surface area contributed by atoms with Gasteiger partial charge in [0.05, 0.1) is 6.42 Å². The summed E-state index contributed by atoms with van der Waals surface area (Å²) in [4.78, 5) is 25.8. The number of carbonyl (C=O) groups is 2. The van der Waals surface area contributed by atoms with E-state index in [1.807, 2.05) is 17.0 Å². The highest BCUT2D eigenvalue weighted by atomic mass is 16.5. The van der Waals surface area contributed by atoms with Crippen LogP contribution in [0.4, 0.5) is 0 Å². The van der Waals surface area contributed by atoms with Crippen molar-refractivity contribution < 1.29 is 19.4 Å². The van der Waals surface area contributed by atoms with Crippen LogP contribution in [0, 0.1) is 12.8 Å². The Balaban J connectivity index is 1.69. The second kappa shape index (κ2) is 7.34. The van der Waals surface area contributed by atoms with E-state index in [-0.39, 0.29) is 30.2 Å². The van der Waals surface area contributed by atoms with Gasteiger partial charge in [-0.05, 0) is 43.2 Å². The molecular weight excluding hydrogens is 306 g/mol. The molecule has 1 aromatic rings. The van der Waals surface area contributed by atoms with Gasteiger partial charge < -0.3 is 14.7 Å². The molecule has 0 bridgehead atoms. The van der Waals surface area contributed by atoms with Crippen molar-refractivity contribution >= 4 is 11.9 Å². The molecular formula is C19H25NO4. The Morgan fingerprint density at radius 3 is 2.62 bits per heavy atom. The Morgan fingerprint density at radius 1 is 1.25 bits per heavy atom. The van der Waals surface area contributed by atoms with Crippen molar-refractivity contribution in [1.82, 2.24) is 4.90 Å². The fraction of sp³-hybridized carbons (Fsp3) is 0.579. The molecule has 1 N–H and O–H groups in total. The molecule has 1 aliphatic heterocycles. The first kappa shape index (κ1) is 17.0. The number of aliphatic carboxylic acids is 1. The monoisotopic (exact) mass is 331 g/mol. The van der Waals surface area contributed by atoms with E-state index >= 15 is 0 Å². The van der Waals surface area contributed by atoms with Gasteiger partial charge in [0.1, 0.15) is 0 Å². The maximum Gasteiger partial charge on any atom is 0.305 e. The van der Waals surface area contributed by atoms with Crippen molar-refractivity contribution in [2.75, 3.05) is 19.8 Å². The van der Waals surface area contributed by atoms with Crippen LogP contribution in [-0.2, 0) is 14.3 Å². The molecule has 1 heterocycles. The number of hydrogen-bond acceptors (Lipinski definition) is 3. The van der Waals surface area contributed by atoms with Gasteiger partial charge in [-0.15, -0.1) is 0 Å². The lowest BCUT2D eigenvalue weighted by Gasteiger charge is -2.34. The number of hydrogen-bond donors (Lipinski definition) is 1. The Hall–Kier alpha value is -1.88. The van der Waals surface area contributed by atoms with Gasteiger partial charge in [-0.1, -0.05) is 24.3 Å². The van der Waals surface area contributed by atoms with Crippen molar-refractivity contribution in [2.24, 2.45) is 5.92 Å². The van der Waals surface area contributed by atoms with Crippen molar-refractivity contribution in [1.29, 1.82) is 0 Å². The summed E-state index contributed by atoms with van der Waals surface area (Å²) in [6, 6.07) is 8.32. The maximum absolute atomic E-state index is 13.0. The fourth-order valence-electron chi connectivity index (χ4n) is 3.71. The van der Waals surface area contributed by atoms with Crippen LogP contribution >= 0.6 is 0 Å². The third-order valence-electron chi connectivity index (χ3n) is 5.18. The maximum atomic E-state index is 13.0. The zero-order valence-corrected chi connectivity index (χ0v) is 14.1. The molecule has 1 amide bonds. The average Bonchev–Trinajstić information content (AvgIpc) is 3.36. The van der Waals surface area contributed by atoms with E-state index in [1.165, 1.54) is 11.1 Å². The summed E-state index contributed by atoms with van der Waals surface area (Å²) in [5, 5.41) is 9.00. The molecule has 5 nitrogen and oxygen atoms in total. The Labute approximate surface area is 142 Å². The minimum absolute atomic E-state index is 0.00254. The molecule has 2 atom stereocenters. The van der Waals surface area contributed by atoms with E-state index in [1.54, 1.807) is 0 Å². The van der Waals surface area contributed by atoms with Crippen molar-refractivity contribution in [3.63, 3.8) is 0 Å². The highest BCUT2D eigenvalue weighted by Crippen LogP contribution is 2.49. The van der Waals surface area contributed by atoms with E-state index in [0.717, 1.165) is 19.3 Å². The predicted molar refractivity (Wildman–Crippen MR) is 89.8 cm³/mol. The highest BCUT2D eigenvalue weighted by molar-refractivity contribution is 5.84. The second-order valence-corrected chi connectivity index (χ2v) is 6.82. The molecule has 0 aromatic heterocycles. The Morgan fingerprint density at radius 2 is 1.96 bits per heavy atom. The lowest BCUT2D eigenvalue weighted by molar-refractivity contribution is -0.141. The summed E-state index contributed by atoms with van der Waals surface area (Å²) in [6.45, 7) is 3.67. The number of nitrogens with zero attached hydrogens (tertiary/aromatic N) is 1. The molecule has 1 saturated heterocycles. The lowest BCUT2D eigenvalue weighted by Crippen LogP contribution is -2.45. The zero-order valence-electron chi connectivity index (χ0n) is 14.1. The SMILES string of the molecule is Cc1ccccc1[C@H]1C[C@@H]1C(=O)N(CCC(=O)O)C1CCOCC1. The van der Waals surface area contributed by atoms with E-state index in [0.29, 0.717) is 19.8 Å². The number of carboxylic acids is 1. The summed E-state index contributed by atoms with van der Waals surface area (Å²) in [5.74, 6) is -0.448. The smallest absolute Gasteiger partial charge is 0.305 e. The van der Waals surface area contributed by atoms with Crippen molar-refractivity contribution in [2.45, 2.75) is 44.6 Å². The predicted octanol–water partition coefficient (Wildman–Crippen LogP) is 2.58. The molecule has 0 spiro atoms. The van der Waals surface area contributed by atoms with Gasteiger partial charge in [0.25, 0.3) is 0 Å². The number of carbonyl (C=O) groups excluding carboxylic acids is 1. The Bertz CT molecular complexity index is 609. The minimum Gasteiger partial charge on any atom is -0.481 e.